The summed E-state index contributed by atoms with van der Waals surface area (Å²) >= 11 is 0. The lowest BCUT2D eigenvalue weighted by molar-refractivity contribution is -0.384. The second-order valence-electron chi connectivity index (χ2n) is 10.5. The summed E-state index contributed by atoms with van der Waals surface area (Å²) in [6.45, 7) is 5.51. The van der Waals surface area contributed by atoms with Crippen molar-refractivity contribution in [3.63, 3.8) is 0 Å². The number of fused-ring (bicyclic) bond motifs is 1. The molecule has 0 radical (unpaired) electrons. The van der Waals surface area contributed by atoms with Crippen molar-refractivity contribution in [3.8, 4) is 5.75 Å². The predicted molar refractivity (Wildman–Crippen MR) is 161 cm³/mol. The van der Waals surface area contributed by atoms with E-state index in [1.165, 1.54) is 24.3 Å². The fourth-order valence-corrected chi connectivity index (χ4v) is 5.05. The van der Waals surface area contributed by atoms with Crippen molar-refractivity contribution in [2.24, 2.45) is 0 Å². The minimum absolute atomic E-state index is 0.130. The Morgan fingerprint density at radius 2 is 1.65 bits per heavy atom. The maximum Gasteiger partial charge on any atom is 0.407 e. The molecule has 4 N–H and O–H groups in total. The number of H-pyrrole nitrogens is 1. The van der Waals surface area contributed by atoms with Crippen LogP contribution in [0.2, 0.25) is 0 Å². The molecule has 3 aromatic carbocycles. The van der Waals surface area contributed by atoms with Crippen molar-refractivity contribution in [1.29, 1.82) is 0 Å². The number of aromatic amines is 1. The number of non-ortho nitro benzene ring substituents is 1. The first-order valence-electron chi connectivity index (χ1n) is 13.2. The van der Waals surface area contributed by atoms with E-state index in [1.807, 2.05) is 18.3 Å². The number of carbonyl (C=O) groups excluding carboxylic acids is 2. The molecule has 0 fully saturated rings. The van der Waals surface area contributed by atoms with Crippen LogP contribution in [0.15, 0.2) is 77.8 Å². The monoisotopic (exact) mass is 609 g/mol. The van der Waals surface area contributed by atoms with Gasteiger partial charge in [-0.15, -0.1) is 0 Å². The van der Waals surface area contributed by atoms with Gasteiger partial charge < -0.3 is 25.1 Å². The first-order chi connectivity index (χ1) is 20.3. The average molecular weight is 610 g/mol. The summed E-state index contributed by atoms with van der Waals surface area (Å²) in [5, 5.41) is 17.1. The van der Waals surface area contributed by atoms with Gasteiger partial charge in [-0.05, 0) is 87.4 Å². The van der Waals surface area contributed by atoms with Crippen LogP contribution in [0.4, 0.5) is 21.9 Å². The van der Waals surface area contributed by atoms with Gasteiger partial charge in [0.15, 0.2) is 6.61 Å². The summed E-state index contributed by atoms with van der Waals surface area (Å²) in [5.41, 5.74) is 1.71. The standard InChI is InChI=1S/C29H31N5O8S/c1-29(2,3)42-28(36)30-15-14-19-17-31-26-13-10-23(16-25(19)26)41-18-27(35)32-20-4-6-21(7-5-20)33-43(39,40)24-11-8-22(9-12-24)34(37)38/h4-13,16-17,31,33H,14-15,18H2,1-3H3,(H,30,36)(H,32,35). The number of hydrogen-bond acceptors (Lipinski definition) is 8. The number of nitrogens with one attached hydrogen (secondary N) is 4. The molecule has 0 aliphatic rings. The quantitative estimate of drug-likeness (QED) is 0.136. The zero-order valence-corrected chi connectivity index (χ0v) is 24.5. The van der Waals surface area contributed by atoms with Crippen molar-refractivity contribution >= 4 is 50.0 Å². The number of rotatable bonds is 11. The van der Waals surface area contributed by atoms with E-state index in [0.29, 0.717) is 24.4 Å². The molecule has 14 heteroatoms. The Morgan fingerprint density at radius 3 is 2.30 bits per heavy atom. The number of nitrogens with zero attached hydrogens (tertiary/aromatic N) is 1. The molecule has 0 saturated heterocycles. The van der Waals surface area contributed by atoms with E-state index in [1.54, 1.807) is 26.8 Å². The SMILES string of the molecule is CC(C)(C)OC(=O)NCCc1c[nH]c2ccc(OCC(=O)Nc3ccc(NS(=O)(=O)c4ccc([N+](=O)[O-])cc4)cc3)cc12. The number of carbonyl (C=O) groups is 2. The van der Waals surface area contributed by atoms with Crippen molar-refractivity contribution < 1.29 is 32.4 Å². The first-order valence-corrected chi connectivity index (χ1v) is 14.6. The Balaban J connectivity index is 1.28. The third kappa shape index (κ3) is 8.69. The molecule has 0 aliphatic heterocycles. The number of ether oxygens (including phenoxy) is 2. The predicted octanol–water partition coefficient (Wildman–Crippen LogP) is 4.96. The summed E-state index contributed by atoms with van der Waals surface area (Å²) < 4.78 is 38.5. The van der Waals surface area contributed by atoms with Crippen molar-refractivity contribution in [2.45, 2.75) is 37.7 Å². The highest BCUT2D eigenvalue weighted by atomic mass is 32.2. The molecule has 2 amide bonds. The van der Waals surface area contributed by atoms with Gasteiger partial charge in [-0.25, -0.2) is 13.2 Å². The van der Waals surface area contributed by atoms with E-state index in [2.05, 4.69) is 20.3 Å². The summed E-state index contributed by atoms with van der Waals surface area (Å²) in [6, 6.07) is 15.9. The number of hydrogen-bond donors (Lipinski definition) is 4. The maximum atomic E-state index is 12.6. The van der Waals surface area contributed by atoms with E-state index < -0.39 is 32.5 Å². The summed E-state index contributed by atoms with van der Waals surface area (Å²) in [7, 11) is -3.97. The van der Waals surface area contributed by atoms with Crippen molar-refractivity contribution in [3.05, 3.63) is 88.6 Å². The smallest absolute Gasteiger partial charge is 0.407 e. The molecule has 43 heavy (non-hydrogen) atoms. The normalized spacial score (nSPS) is 11.5. The molecule has 0 spiro atoms. The third-order valence-corrected chi connectivity index (χ3v) is 7.35. The number of alkyl carbamates (subject to hydrolysis) is 1. The molecule has 0 atom stereocenters. The van der Waals surface area contributed by atoms with E-state index in [4.69, 9.17) is 9.47 Å². The van der Waals surface area contributed by atoms with E-state index >= 15 is 0 Å². The van der Waals surface area contributed by atoms with Crippen molar-refractivity contribution in [1.82, 2.24) is 10.3 Å². The van der Waals surface area contributed by atoms with Gasteiger partial charge in [0.05, 0.1) is 9.82 Å². The van der Waals surface area contributed by atoms with Crippen LogP contribution in [0.3, 0.4) is 0 Å². The van der Waals surface area contributed by atoms with Gasteiger partial charge in [0.2, 0.25) is 0 Å². The number of nitro groups is 1. The molecule has 4 rings (SSSR count). The molecule has 4 aromatic rings. The van der Waals surface area contributed by atoms with Crippen LogP contribution < -0.4 is 20.1 Å². The van der Waals surface area contributed by atoms with Crippen LogP contribution in [0.25, 0.3) is 10.9 Å². The lowest BCUT2D eigenvalue weighted by Gasteiger charge is -2.19. The third-order valence-electron chi connectivity index (χ3n) is 5.95. The molecule has 226 valence electrons. The van der Waals surface area contributed by atoms with Crippen LogP contribution in [0.5, 0.6) is 5.75 Å². The lowest BCUT2D eigenvalue weighted by Crippen LogP contribution is -2.33. The second-order valence-corrected chi connectivity index (χ2v) is 12.2. The topological polar surface area (TPSA) is 182 Å². The number of anilines is 2. The van der Waals surface area contributed by atoms with Crippen LogP contribution in [-0.2, 0) is 26.0 Å². The van der Waals surface area contributed by atoms with Crippen molar-refractivity contribution in [2.75, 3.05) is 23.2 Å². The molecule has 0 bridgehead atoms. The van der Waals surface area contributed by atoms with Gasteiger partial charge in [0, 0.05) is 47.2 Å². The van der Waals surface area contributed by atoms with Crippen LogP contribution >= 0.6 is 0 Å². The average Bonchev–Trinajstić information content (AvgIpc) is 3.34. The van der Waals surface area contributed by atoms with Crippen LogP contribution in [0, 0.1) is 10.1 Å². The van der Waals surface area contributed by atoms with Gasteiger partial charge in [-0.3, -0.25) is 19.6 Å². The van der Waals surface area contributed by atoms with Crippen LogP contribution in [-0.4, -0.2) is 49.1 Å². The van der Waals surface area contributed by atoms with E-state index in [-0.39, 0.29) is 22.9 Å². The zero-order chi connectivity index (χ0) is 31.2. The largest absolute Gasteiger partial charge is 0.484 e. The number of amides is 2. The molecular formula is C29H31N5O8S. The fraction of sp³-hybridized carbons (Fsp3) is 0.241. The molecule has 0 saturated carbocycles. The van der Waals surface area contributed by atoms with Gasteiger partial charge in [-0.1, -0.05) is 0 Å². The highest BCUT2D eigenvalue weighted by Gasteiger charge is 2.17. The minimum atomic E-state index is -3.97. The highest BCUT2D eigenvalue weighted by molar-refractivity contribution is 7.92. The second kappa shape index (κ2) is 12.8. The van der Waals surface area contributed by atoms with E-state index in [9.17, 15) is 28.1 Å². The van der Waals surface area contributed by atoms with Crippen LogP contribution in [0.1, 0.15) is 26.3 Å². The molecule has 0 unspecified atom stereocenters. The Labute approximate surface area is 247 Å². The van der Waals surface area contributed by atoms with Gasteiger partial charge in [0.25, 0.3) is 21.6 Å². The summed E-state index contributed by atoms with van der Waals surface area (Å²) in [4.78, 5) is 37.6. The fourth-order valence-electron chi connectivity index (χ4n) is 4.00. The Morgan fingerprint density at radius 1 is 0.977 bits per heavy atom. The summed E-state index contributed by atoms with van der Waals surface area (Å²) in [5.74, 6) is 0.0646. The Hall–Kier alpha value is -5.11. The molecule has 1 aromatic heterocycles. The molecular weight excluding hydrogens is 578 g/mol. The number of sulfonamides is 1. The molecule has 13 nitrogen and oxygen atoms in total. The summed E-state index contributed by atoms with van der Waals surface area (Å²) in [6.07, 6.45) is 1.93. The molecule has 0 aliphatic carbocycles. The van der Waals surface area contributed by atoms with Gasteiger partial charge in [-0.2, -0.15) is 0 Å². The first kappa shape index (κ1) is 30.8. The van der Waals surface area contributed by atoms with E-state index in [0.717, 1.165) is 40.7 Å². The highest BCUT2D eigenvalue weighted by Crippen LogP contribution is 2.25. The van der Waals surface area contributed by atoms with Gasteiger partial charge in [0.1, 0.15) is 11.4 Å². The zero-order valence-electron chi connectivity index (χ0n) is 23.7. The molecule has 1 heterocycles. The number of nitro benzene ring substituents is 1. The number of benzene rings is 3. The maximum absolute atomic E-state index is 12.6. The number of aromatic nitrogens is 1. The van der Waals surface area contributed by atoms with Gasteiger partial charge >= 0.3 is 6.09 Å². The Kier molecular flexibility index (Phi) is 9.19. The lowest BCUT2D eigenvalue weighted by atomic mass is 10.1. The Bertz CT molecular complexity index is 1730. The minimum Gasteiger partial charge on any atom is -0.484 e.